The molecule has 0 aromatic carbocycles. The predicted molar refractivity (Wildman–Crippen MR) is 134 cm³/mol. The lowest BCUT2D eigenvalue weighted by Gasteiger charge is -2.26. The second kappa shape index (κ2) is 10.1. The Kier molecular flexibility index (Phi) is 7.04. The van der Waals surface area contributed by atoms with Crippen molar-refractivity contribution in [2.75, 3.05) is 6.54 Å². The van der Waals surface area contributed by atoms with E-state index in [0.29, 0.717) is 34.0 Å². The van der Waals surface area contributed by atoms with E-state index in [1.807, 2.05) is 13.8 Å². The third kappa shape index (κ3) is 4.90. The van der Waals surface area contributed by atoms with Gasteiger partial charge >= 0.3 is 15.5 Å². The number of amides is 1. The summed E-state index contributed by atoms with van der Waals surface area (Å²) in [5.74, 6) is -1.57. The van der Waals surface area contributed by atoms with Crippen molar-refractivity contribution in [2.24, 2.45) is 0 Å². The van der Waals surface area contributed by atoms with Crippen LogP contribution in [0.5, 0.6) is 0 Å². The lowest BCUT2D eigenvalue weighted by Crippen LogP contribution is -2.44. The topological polar surface area (TPSA) is 127 Å². The summed E-state index contributed by atoms with van der Waals surface area (Å²) in [4.78, 5) is 25.6. The Bertz CT molecular complexity index is 1750. The number of pyridine rings is 2. The zero-order valence-corrected chi connectivity index (χ0v) is 22.6. The molecule has 40 heavy (non-hydrogen) atoms. The van der Waals surface area contributed by atoms with Crippen molar-refractivity contribution >= 4 is 33.2 Å². The Balaban J connectivity index is 1.32. The first-order valence-corrected chi connectivity index (χ1v) is 13.7. The molecule has 1 amide bonds. The highest BCUT2D eigenvalue weighted by Gasteiger charge is 2.50. The normalized spacial score (nSPS) is 14.5. The maximum Gasteiger partial charge on any atom is 0.511 e. The van der Waals surface area contributed by atoms with Crippen LogP contribution in [0.2, 0.25) is 5.02 Å². The third-order valence-electron chi connectivity index (χ3n) is 6.35. The smallest absolute Gasteiger partial charge is 0.347 e. The van der Waals surface area contributed by atoms with Crippen LogP contribution in [0.25, 0.3) is 17.2 Å². The molecule has 1 aliphatic heterocycles. The van der Waals surface area contributed by atoms with E-state index in [1.165, 1.54) is 10.9 Å². The van der Waals surface area contributed by atoms with E-state index < -0.39 is 40.3 Å². The molecule has 11 nitrogen and oxygen atoms in total. The monoisotopic (exact) mass is 600 g/mol. The minimum Gasteiger partial charge on any atom is -0.347 e. The fraction of sp³-hybridized carbons (Fsp3) is 0.348. The Morgan fingerprint density at radius 2 is 1.95 bits per heavy atom. The molecule has 0 bridgehead atoms. The van der Waals surface area contributed by atoms with Gasteiger partial charge in [-0.25, -0.2) is 32.4 Å². The molecule has 0 fully saturated rings. The van der Waals surface area contributed by atoms with Gasteiger partial charge in [-0.05, 0) is 36.6 Å². The molecule has 212 valence electrons. The van der Waals surface area contributed by atoms with E-state index in [1.54, 1.807) is 16.7 Å². The quantitative estimate of drug-likeness (QED) is 0.337. The number of hydrogen-bond acceptors (Lipinski definition) is 7. The fourth-order valence-electron chi connectivity index (χ4n) is 4.27. The molecule has 5 heterocycles. The average Bonchev–Trinajstić information content (AvgIpc) is 3.47. The number of aryl methyl sites for hydroxylation is 2. The maximum atomic E-state index is 15.0. The molecule has 0 saturated carbocycles. The van der Waals surface area contributed by atoms with Crippen LogP contribution in [-0.2, 0) is 36.1 Å². The first kappa shape index (κ1) is 27.9. The average molecular weight is 601 g/mol. The Morgan fingerprint density at radius 3 is 2.62 bits per heavy atom. The van der Waals surface area contributed by atoms with Gasteiger partial charge < -0.3 is 5.32 Å². The standard InChI is InChI=1S/C23H21ClF4N8O3S/c1-3-16-20(35-10-14(24)12(2)6-17(35)31-16)22(37)30-9-13-7-15(25)19(29-8-13)21-32-18-11-34(4-5-36(18)33-21)40(38,39)23(26,27)28/h6-8,10H,3-5,9,11H2,1-2H3,(H,30,37). The van der Waals surface area contributed by atoms with Crippen molar-refractivity contribution in [2.45, 2.75) is 45.4 Å². The summed E-state index contributed by atoms with van der Waals surface area (Å²) in [6.45, 7) is 2.28. The van der Waals surface area contributed by atoms with Gasteiger partial charge in [0.15, 0.2) is 5.82 Å². The number of carbonyl (C=O) groups is 1. The summed E-state index contributed by atoms with van der Waals surface area (Å²) >= 11 is 6.23. The first-order chi connectivity index (χ1) is 18.8. The van der Waals surface area contributed by atoms with E-state index in [-0.39, 0.29) is 34.7 Å². The summed E-state index contributed by atoms with van der Waals surface area (Å²) in [5.41, 5.74) is -3.16. The second-order valence-electron chi connectivity index (χ2n) is 9.01. The third-order valence-corrected chi connectivity index (χ3v) is 8.32. The Labute approximate surface area is 229 Å². The number of alkyl halides is 3. The number of hydrogen-bond donors (Lipinski definition) is 1. The van der Waals surface area contributed by atoms with Crippen LogP contribution in [0.3, 0.4) is 0 Å². The molecule has 0 aliphatic carbocycles. The highest BCUT2D eigenvalue weighted by Crippen LogP contribution is 2.30. The Morgan fingerprint density at radius 1 is 1.20 bits per heavy atom. The molecule has 1 N–H and O–H groups in total. The maximum absolute atomic E-state index is 15.0. The molecule has 4 aromatic rings. The van der Waals surface area contributed by atoms with Gasteiger partial charge in [0.05, 0.1) is 23.8 Å². The molecule has 0 unspecified atom stereocenters. The van der Waals surface area contributed by atoms with Gasteiger partial charge in [0, 0.05) is 25.5 Å². The van der Waals surface area contributed by atoms with Crippen molar-refractivity contribution in [3.63, 3.8) is 0 Å². The number of fused-ring (bicyclic) bond motifs is 2. The van der Waals surface area contributed by atoms with Crippen molar-refractivity contribution in [1.29, 1.82) is 0 Å². The summed E-state index contributed by atoms with van der Waals surface area (Å²) in [7, 11) is -5.55. The molecule has 0 atom stereocenters. The molecule has 0 radical (unpaired) electrons. The van der Waals surface area contributed by atoms with Crippen LogP contribution in [0.15, 0.2) is 24.5 Å². The largest absolute Gasteiger partial charge is 0.511 e. The van der Waals surface area contributed by atoms with Crippen molar-refractivity contribution in [3.05, 3.63) is 63.7 Å². The highest BCUT2D eigenvalue weighted by atomic mass is 35.5. The van der Waals surface area contributed by atoms with E-state index in [9.17, 15) is 30.8 Å². The fourth-order valence-corrected chi connectivity index (χ4v) is 5.32. The van der Waals surface area contributed by atoms with Gasteiger partial charge in [0.1, 0.15) is 22.9 Å². The number of sulfonamides is 1. The zero-order valence-electron chi connectivity index (χ0n) is 21.0. The number of rotatable bonds is 6. The van der Waals surface area contributed by atoms with Crippen LogP contribution < -0.4 is 5.32 Å². The molecular formula is C23H21ClF4N8O3S. The van der Waals surface area contributed by atoms with Crippen LogP contribution in [-0.4, -0.2) is 59.8 Å². The van der Waals surface area contributed by atoms with Crippen molar-refractivity contribution < 1.29 is 30.8 Å². The van der Waals surface area contributed by atoms with E-state index >= 15 is 0 Å². The minimum absolute atomic E-state index is 0.0730. The van der Waals surface area contributed by atoms with E-state index in [4.69, 9.17) is 11.6 Å². The van der Waals surface area contributed by atoms with Gasteiger partial charge in [0.2, 0.25) is 5.82 Å². The van der Waals surface area contributed by atoms with Gasteiger partial charge in [-0.3, -0.25) is 9.20 Å². The molecule has 0 saturated heterocycles. The lowest BCUT2D eigenvalue weighted by molar-refractivity contribution is -0.0496. The highest BCUT2D eigenvalue weighted by molar-refractivity contribution is 7.89. The number of imidazole rings is 1. The predicted octanol–water partition coefficient (Wildman–Crippen LogP) is 3.25. The number of nitrogens with one attached hydrogen (secondary N) is 1. The van der Waals surface area contributed by atoms with Gasteiger partial charge in [-0.2, -0.15) is 17.5 Å². The second-order valence-corrected chi connectivity index (χ2v) is 11.3. The van der Waals surface area contributed by atoms with Crippen LogP contribution in [0.4, 0.5) is 17.6 Å². The number of nitrogens with zero attached hydrogens (tertiary/aromatic N) is 7. The van der Waals surface area contributed by atoms with E-state index in [0.717, 1.165) is 11.6 Å². The van der Waals surface area contributed by atoms with Crippen LogP contribution >= 0.6 is 11.6 Å². The summed E-state index contributed by atoms with van der Waals surface area (Å²) in [6, 6.07) is 2.89. The van der Waals surface area contributed by atoms with E-state index in [2.05, 4.69) is 25.4 Å². The molecule has 17 heteroatoms. The van der Waals surface area contributed by atoms with Crippen molar-refractivity contribution in [3.8, 4) is 11.5 Å². The SMILES string of the molecule is CCc1nc2cc(C)c(Cl)cn2c1C(=O)NCc1cnc(-c2nc3n(n2)CCN(S(=O)(=O)C(F)(F)F)C3)c(F)c1. The number of carbonyl (C=O) groups excluding carboxylic acids is 1. The number of halogens is 5. The minimum atomic E-state index is -5.55. The molecule has 1 aliphatic rings. The zero-order chi connectivity index (χ0) is 29.0. The van der Waals surface area contributed by atoms with Gasteiger partial charge in [0.25, 0.3) is 5.91 Å². The molecule has 0 spiro atoms. The van der Waals surface area contributed by atoms with Gasteiger partial charge in [-0.15, -0.1) is 5.10 Å². The van der Waals surface area contributed by atoms with Gasteiger partial charge in [-0.1, -0.05) is 18.5 Å². The molecule has 4 aromatic heterocycles. The molecule has 5 rings (SSSR count). The summed E-state index contributed by atoms with van der Waals surface area (Å²) in [6.07, 6.45) is 3.40. The summed E-state index contributed by atoms with van der Waals surface area (Å²) < 4.78 is 80.2. The first-order valence-electron chi connectivity index (χ1n) is 11.9. The van der Waals surface area contributed by atoms with Crippen LogP contribution in [0, 0.1) is 12.7 Å². The molecular weight excluding hydrogens is 580 g/mol. The summed E-state index contributed by atoms with van der Waals surface area (Å²) in [5, 5.41) is 7.26. The van der Waals surface area contributed by atoms with Crippen molar-refractivity contribution in [1.82, 2.24) is 38.8 Å². The number of aromatic nitrogens is 6. The van der Waals surface area contributed by atoms with Crippen LogP contribution in [0.1, 0.15) is 40.1 Å². The lowest BCUT2D eigenvalue weighted by atomic mass is 10.2. The Hall–Kier alpha value is -3.63.